The van der Waals surface area contributed by atoms with Crippen LogP contribution < -0.4 is 5.32 Å². The van der Waals surface area contributed by atoms with Crippen LogP contribution in [0.25, 0.3) is 0 Å². The zero-order valence-corrected chi connectivity index (χ0v) is 11.5. The van der Waals surface area contributed by atoms with E-state index in [9.17, 15) is 0 Å². The van der Waals surface area contributed by atoms with E-state index < -0.39 is 0 Å². The molecule has 3 nitrogen and oxygen atoms in total. The van der Waals surface area contributed by atoms with E-state index in [2.05, 4.69) is 24.1 Å². The molecule has 0 aliphatic carbocycles. The van der Waals surface area contributed by atoms with Crippen LogP contribution in [0.3, 0.4) is 0 Å². The number of nitrogens with one attached hydrogen (secondary N) is 1. The highest BCUT2D eigenvalue weighted by molar-refractivity contribution is 7.80. The van der Waals surface area contributed by atoms with Crippen molar-refractivity contribution in [3.8, 4) is 0 Å². The van der Waals surface area contributed by atoms with Gasteiger partial charge in [0.15, 0.2) is 5.11 Å². The summed E-state index contributed by atoms with van der Waals surface area (Å²) in [5.41, 5.74) is 0. The van der Waals surface area contributed by atoms with E-state index in [1.807, 2.05) is 0 Å². The van der Waals surface area contributed by atoms with Gasteiger partial charge in [-0.1, -0.05) is 13.8 Å². The maximum atomic E-state index is 5.40. The molecule has 0 aromatic rings. The molecule has 0 aromatic heterocycles. The molecule has 94 valence electrons. The molecule has 1 aliphatic rings. The highest BCUT2D eigenvalue weighted by Crippen LogP contribution is 2.20. The first-order chi connectivity index (χ1) is 7.63. The first-order valence-corrected chi connectivity index (χ1v) is 6.56. The summed E-state index contributed by atoms with van der Waals surface area (Å²) in [4.78, 5) is 2.31. The van der Waals surface area contributed by atoms with Gasteiger partial charge in [-0.05, 0) is 36.9 Å². The number of methoxy groups -OCH3 is 1. The van der Waals surface area contributed by atoms with Gasteiger partial charge in [0.05, 0.1) is 0 Å². The molecule has 0 spiro atoms. The minimum Gasteiger partial charge on any atom is -0.385 e. The Morgan fingerprint density at radius 1 is 1.38 bits per heavy atom. The molecule has 2 atom stereocenters. The number of likely N-dealkylation sites (tertiary alicyclic amines) is 1. The molecule has 2 unspecified atom stereocenters. The van der Waals surface area contributed by atoms with Crippen LogP contribution in [0, 0.1) is 11.8 Å². The topological polar surface area (TPSA) is 24.5 Å². The van der Waals surface area contributed by atoms with Crippen molar-refractivity contribution in [1.29, 1.82) is 0 Å². The molecular weight excluding hydrogens is 220 g/mol. The van der Waals surface area contributed by atoms with Crippen molar-refractivity contribution in [3.05, 3.63) is 0 Å². The van der Waals surface area contributed by atoms with Crippen molar-refractivity contribution in [2.24, 2.45) is 11.8 Å². The zero-order valence-electron chi connectivity index (χ0n) is 10.7. The van der Waals surface area contributed by atoms with Gasteiger partial charge in [-0.15, -0.1) is 0 Å². The van der Waals surface area contributed by atoms with Gasteiger partial charge >= 0.3 is 0 Å². The molecule has 1 rings (SSSR count). The lowest BCUT2D eigenvalue weighted by Crippen LogP contribution is -2.47. The standard InChI is InChI=1S/C12H24N2OS/c1-10-7-11(2)9-14(8-10)12(16)13-5-4-6-15-3/h10-11H,4-9H2,1-3H3,(H,13,16). The number of hydrogen-bond donors (Lipinski definition) is 1. The molecule has 0 saturated carbocycles. The molecule has 0 amide bonds. The van der Waals surface area contributed by atoms with Crippen LogP contribution in [0.5, 0.6) is 0 Å². The van der Waals surface area contributed by atoms with E-state index in [-0.39, 0.29) is 0 Å². The summed E-state index contributed by atoms with van der Waals surface area (Å²) in [6.07, 6.45) is 2.33. The third-order valence-corrected chi connectivity index (χ3v) is 3.36. The van der Waals surface area contributed by atoms with E-state index in [1.54, 1.807) is 7.11 Å². The lowest BCUT2D eigenvalue weighted by molar-refractivity contribution is 0.193. The summed E-state index contributed by atoms with van der Waals surface area (Å²) in [5, 5.41) is 4.22. The molecule has 1 fully saturated rings. The molecule has 1 saturated heterocycles. The van der Waals surface area contributed by atoms with E-state index >= 15 is 0 Å². The van der Waals surface area contributed by atoms with Crippen molar-refractivity contribution in [3.63, 3.8) is 0 Å². The fraction of sp³-hybridized carbons (Fsp3) is 0.917. The zero-order chi connectivity index (χ0) is 12.0. The van der Waals surface area contributed by atoms with Gasteiger partial charge in [-0.25, -0.2) is 0 Å². The Hall–Kier alpha value is -0.350. The van der Waals surface area contributed by atoms with E-state index in [4.69, 9.17) is 17.0 Å². The van der Waals surface area contributed by atoms with Gasteiger partial charge in [-0.2, -0.15) is 0 Å². The Balaban J connectivity index is 2.24. The minimum atomic E-state index is 0.752. The first-order valence-electron chi connectivity index (χ1n) is 6.15. The molecule has 0 aromatic carbocycles. The summed E-state index contributed by atoms with van der Waals surface area (Å²) in [6.45, 7) is 8.50. The quantitative estimate of drug-likeness (QED) is 0.603. The number of rotatable bonds is 4. The maximum Gasteiger partial charge on any atom is 0.168 e. The summed E-state index contributed by atoms with van der Waals surface area (Å²) in [6, 6.07) is 0. The monoisotopic (exact) mass is 244 g/mol. The van der Waals surface area contributed by atoms with Crippen LogP contribution in [-0.4, -0.2) is 43.4 Å². The average Bonchev–Trinajstić information content (AvgIpc) is 2.22. The van der Waals surface area contributed by atoms with Gasteiger partial charge in [-0.3, -0.25) is 0 Å². The van der Waals surface area contributed by atoms with Gasteiger partial charge in [0.25, 0.3) is 0 Å². The second kappa shape index (κ2) is 7.07. The van der Waals surface area contributed by atoms with Crippen LogP contribution in [0.2, 0.25) is 0 Å². The van der Waals surface area contributed by atoms with Gasteiger partial charge in [0.2, 0.25) is 0 Å². The summed E-state index contributed by atoms with van der Waals surface area (Å²) in [5.74, 6) is 1.50. The highest BCUT2D eigenvalue weighted by Gasteiger charge is 2.22. The predicted octanol–water partition coefficient (Wildman–Crippen LogP) is 1.88. The van der Waals surface area contributed by atoms with E-state index in [1.165, 1.54) is 6.42 Å². The number of nitrogens with zero attached hydrogens (tertiary/aromatic N) is 1. The third-order valence-electron chi connectivity index (χ3n) is 2.96. The lowest BCUT2D eigenvalue weighted by Gasteiger charge is -2.36. The number of thiocarbonyl (C=S) groups is 1. The molecule has 16 heavy (non-hydrogen) atoms. The Bertz CT molecular complexity index is 213. The minimum absolute atomic E-state index is 0.752. The second-order valence-corrected chi connectivity index (χ2v) is 5.32. The van der Waals surface area contributed by atoms with Crippen molar-refractivity contribution in [1.82, 2.24) is 10.2 Å². The fourth-order valence-electron chi connectivity index (χ4n) is 2.35. The van der Waals surface area contributed by atoms with Crippen molar-refractivity contribution in [2.45, 2.75) is 26.7 Å². The van der Waals surface area contributed by atoms with Crippen LogP contribution in [0.1, 0.15) is 26.7 Å². The van der Waals surface area contributed by atoms with Gasteiger partial charge in [0.1, 0.15) is 0 Å². The van der Waals surface area contributed by atoms with Crippen molar-refractivity contribution >= 4 is 17.3 Å². The Labute approximate surface area is 105 Å². The van der Waals surface area contributed by atoms with Gasteiger partial charge < -0.3 is 15.0 Å². The predicted molar refractivity (Wildman–Crippen MR) is 71.6 cm³/mol. The fourth-order valence-corrected chi connectivity index (χ4v) is 2.60. The third kappa shape index (κ3) is 4.66. The van der Waals surface area contributed by atoms with E-state index in [0.717, 1.165) is 49.6 Å². The molecule has 1 aliphatic heterocycles. The van der Waals surface area contributed by atoms with E-state index in [0.29, 0.717) is 0 Å². The van der Waals surface area contributed by atoms with Crippen LogP contribution in [0.15, 0.2) is 0 Å². The highest BCUT2D eigenvalue weighted by atomic mass is 32.1. The largest absolute Gasteiger partial charge is 0.385 e. The van der Waals surface area contributed by atoms with Gasteiger partial charge in [0, 0.05) is 33.4 Å². The average molecular weight is 244 g/mol. The molecule has 0 radical (unpaired) electrons. The number of piperidine rings is 1. The molecule has 0 bridgehead atoms. The number of hydrogen-bond acceptors (Lipinski definition) is 2. The second-order valence-electron chi connectivity index (χ2n) is 4.93. The molecule has 4 heteroatoms. The maximum absolute atomic E-state index is 5.40. The summed E-state index contributed by atoms with van der Waals surface area (Å²) >= 11 is 5.40. The van der Waals surface area contributed by atoms with Crippen LogP contribution >= 0.6 is 12.2 Å². The SMILES string of the molecule is COCCCNC(=S)N1CC(C)CC(C)C1. The molecule has 1 heterocycles. The normalized spacial score (nSPS) is 25.6. The summed E-state index contributed by atoms with van der Waals surface area (Å²) in [7, 11) is 1.73. The Morgan fingerprint density at radius 2 is 2.00 bits per heavy atom. The van der Waals surface area contributed by atoms with Crippen molar-refractivity contribution in [2.75, 3.05) is 33.4 Å². The van der Waals surface area contributed by atoms with Crippen LogP contribution in [0.4, 0.5) is 0 Å². The lowest BCUT2D eigenvalue weighted by atomic mass is 9.92. The molecule has 1 N–H and O–H groups in total. The Morgan fingerprint density at radius 3 is 2.56 bits per heavy atom. The van der Waals surface area contributed by atoms with Crippen molar-refractivity contribution < 1.29 is 4.74 Å². The first kappa shape index (κ1) is 13.7. The summed E-state index contributed by atoms with van der Waals surface area (Å²) < 4.78 is 5.01. The number of ether oxygens (including phenoxy) is 1. The Kier molecular flexibility index (Phi) is 6.06. The van der Waals surface area contributed by atoms with Crippen LogP contribution in [-0.2, 0) is 4.74 Å². The smallest absolute Gasteiger partial charge is 0.168 e. The molecular formula is C12H24N2OS.